The van der Waals surface area contributed by atoms with Gasteiger partial charge in [0.2, 0.25) is 0 Å². The lowest BCUT2D eigenvalue weighted by molar-refractivity contribution is -0.152. The van der Waals surface area contributed by atoms with Gasteiger partial charge in [-0.3, -0.25) is 9.36 Å². The molecule has 0 aliphatic heterocycles. The number of esters is 1. The van der Waals surface area contributed by atoms with E-state index in [-0.39, 0.29) is 18.4 Å². The molecule has 0 heterocycles. The molecule has 0 radical (unpaired) electrons. The number of nitrogens with one attached hydrogen (secondary N) is 1. The summed E-state index contributed by atoms with van der Waals surface area (Å²) in [5, 5.41) is 15.0. The van der Waals surface area contributed by atoms with Crippen molar-refractivity contribution in [3.8, 4) is 17.2 Å². The van der Waals surface area contributed by atoms with Crippen LogP contribution in [0.1, 0.15) is 86.6 Å². The number of hydrogen-bond donors (Lipinski definition) is 2. The van der Waals surface area contributed by atoms with Crippen LogP contribution < -0.4 is 14.3 Å². The van der Waals surface area contributed by atoms with Crippen molar-refractivity contribution in [3.63, 3.8) is 0 Å². The minimum atomic E-state index is -3.79. The van der Waals surface area contributed by atoms with Gasteiger partial charge in [-0.1, -0.05) is 68.8 Å². The summed E-state index contributed by atoms with van der Waals surface area (Å²) in [7, 11) is -3.79. The highest BCUT2D eigenvalue weighted by Crippen LogP contribution is 2.46. The SMILES string of the molecule is Cc1cc(OC[P@@](=O)(N[C@@H](C)C(=O)OC2CCCCC2)Oc2cccc3ccccc23)cc(C)c1Cc1ccc(O)c(C(C)C)c1. The summed E-state index contributed by atoms with van der Waals surface area (Å²) in [5.41, 5.74) is 5.29. The molecule has 0 bridgehead atoms. The Morgan fingerprint density at radius 3 is 2.35 bits per heavy atom. The molecule has 1 aliphatic rings. The fourth-order valence-electron chi connectivity index (χ4n) is 6.18. The van der Waals surface area contributed by atoms with Gasteiger partial charge in [0.1, 0.15) is 29.4 Å². The van der Waals surface area contributed by atoms with Gasteiger partial charge in [-0.15, -0.1) is 0 Å². The van der Waals surface area contributed by atoms with E-state index in [1.54, 1.807) is 19.1 Å². The summed E-state index contributed by atoms with van der Waals surface area (Å²) in [5.74, 6) is 1.10. The van der Waals surface area contributed by atoms with E-state index in [0.717, 1.165) is 65.1 Å². The Kier molecular flexibility index (Phi) is 10.8. The monoisotopic (exact) mass is 643 g/mol. The number of fused-ring (bicyclic) bond motifs is 1. The van der Waals surface area contributed by atoms with Crippen molar-refractivity contribution in [1.82, 2.24) is 5.09 Å². The van der Waals surface area contributed by atoms with E-state index < -0.39 is 19.5 Å². The molecule has 0 amide bonds. The van der Waals surface area contributed by atoms with Gasteiger partial charge < -0.3 is 19.1 Å². The maximum Gasteiger partial charge on any atom is 0.354 e. The summed E-state index contributed by atoms with van der Waals surface area (Å²) in [6.07, 6.45) is 5.27. The van der Waals surface area contributed by atoms with Crippen molar-refractivity contribution in [2.24, 2.45) is 0 Å². The number of rotatable bonds is 12. The lowest BCUT2D eigenvalue weighted by Gasteiger charge is -2.27. The maximum absolute atomic E-state index is 14.5. The second-order valence-electron chi connectivity index (χ2n) is 12.8. The zero-order valence-corrected chi connectivity index (χ0v) is 28.4. The van der Waals surface area contributed by atoms with Crippen molar-refractivity contribution in [3.05, 3.63) is 101 Å². The van der Waals surface area contributed by atoms with Gasteiger partial charge >= 0.3 is 13.5 Å². The van der Waals surface area contributed by atoms with Crippen LogP contribution in [0, 0.1) is 13.8 Å². The maximum atomic E-state index is 14.5. The summed E-state index contributed by atoms with van der Waals surface area (Å²) >= 11 is 0. The van der Waals surface area contributed by atoms with Crippen LogP contribution in [0.2, 0.25) is 0 Å². The van der Waals surface area contributed by atoms with Crippen molar-refractivity contribution in [2.45, 2.75) is 91.2 Å². The van der Waals surface area contributed by atoms with Crippen LogP contribution in [0.4, 0.5) is 0 Å². The quantitative estimate of drug-likeness (QED) is 0.117. The second kappa shape index (κ2) is 14.7. The summed E-state index contributed by atoms with van der Waals surface area (Å²) < 4.78 is 32.7. The number of carbonyl (C=O) groups is 1. The predicted molar refractivity (Wildman–Crippen MR) is 184 cm³/mol. The highest BCUT2D eigenvalue weighted by Gasteiger charge is 2.33. The molecule has 1 fully saturated rings. The molecular weight excluding hydrogens is 597 g/mol. The van der Waals surface area contributed by atoms with Gasteiger partial charge in [-0.05, 0) is 116 Å². The van der Waals surface area contributed by atoms with E-state index in [1.165, 1.54) is 5.56 Å². The lowest BCUT2D eigenvalue weighted by atomic mass is 9.93. The number of benzene rings is 4. The Labute approximate surface area is 272 Å². The topological polar surface area (TPSA) is 94.1 Å². The summed E-state index contributed by atoms with van der Waals surface area (Å²) in [4.78, 5) is 13.1. The van der Waals surface area contributed by atoms with Crippen molar-refractivity contribution in [1.29, 1.82) is 0 Å². The van der Waals surface area contributed by atoms with E-state index in [0.29, 0.717) is 23.7 Å². The Bertz CT molecular complexity index is 1700. The molecule has 0 aromatic heterocycles. The highest BCUT2D eigenvalue weighted by atomic mass is 31.2. The lowest BCUT2D eigenvalue weighted by Crippen LogP contribution is -2.38. The first-order valence-corrected chi connectivity index (χ1v) is 18.1. The fraction of sp³-hybridized carbons (Fsp3) is 0.395. The number of phenolic OH excluding ortho intramolecular Hbond substituents is 1. The molecule has 5 rings (SSSR count). The minimum absolute atomic E-state index is 0.108. The van der Waals surface area contributed by atoms with Crippen molar-refractivity contribution >= 4 is 24.3 Å². The Balaban J connectivity index is 1.36. The van der Waals surface area contributed by atoms with Gasteiger partial charge in [-0.25, -0.2) is 5.09 Å². The first kappa shape index (κ1) is 33.6. The third-order valence-corrected chi connectivity index (χ3v) is 10.5. The average Bonchev–Trinajstić information content (AvgIpc) is 3.03. The predicted octanol–water partition coefficient (Wildman–Crippen LogP) is 9.34. The Morgan fingerprint density at radius 2 is 1.63 bits per heavy atom. The summed E-state index contributed by atoms with van der Waals surface area (Å²) in [6.45, 7) is 9.86. The molecule has 46 heavy (non-hydrogen) atoms. The molecule has 7 nitrogen and oxygen atoms in total. The Hall–Kier alpha value is -3.80. The number of carbonyl (C=O) groups excluding carboxylic acids is 1. The standard InChI is InChI=1S/C38H46NO6P/c1-25(2)34-22-29(18-19-36(34)40)23-35-26(3)20-32(21-27(35)4)43-24-46(42,39-28(5)38(41)44-31-14-7-6-8-15-31)45-37-17-11-13-30-12-9-10-16-33(30)37/h9-13,16-22,25,28,31,40H,6-8,14-15,23-24H2,1-5H3,(H,39,42)/t28-,46-/m0/s1. The van der Waals surface area contributed by atoms with E-state index in [4.69, 9.17) is 14.0 Å². The van der Waals surface area contributed by atoms with E-state index in [1.807, 2.05) is 68.4 Å². The number of ether oxygens (including phenoxy) is 2. The molecule has 244 valence electrons. The second-order valence-corrected chi connectivity index (χ2v) is 14.9. The third kappa shape index (κ3) is 8.31. The molecule has 2 N–H and O–H groups in total. The molecular formula is C38H46NO6P. The molecule has 1 aliphatic carbocycles. The molecule has 1 saturated carbocycles. The zero-order chi connectivity index (χ0) is 32.8. The first-order valence-electron chi connectivity index (χ1n) is 16.3. The van der Waals surface area contributed by atoms with E-state index in [2.05, 4.69) is 25.0 Å². The van der Waals surface area contributed by atoms with Gasteiger partial charge in [-0.2, -0.15) is 0 Å². The number of phenols is 1. The van der Waals surface area contributed by atoms with Crippen molar-refractivity contribution < 1.29 is 28.5 Å². The molecule has 2 atom stereocenters. The fourth-order valence-corrected chi connectivity index (χ4v) is 7.85. The zero-order valence-electron chi connectivity index (χ0n) is 27.5. The van der Waals surface area contributed by atoms with Crippen molar-refractivity contribution in [2.75, 3.05) is 6.35 Å². The third-order valence-electron chi connectivity index (χ3n) is 8.74. The van der Waals surface area contributed by atoms with Gasteiger partial charge in [0, 0.05) is 5.39 Å². The smallest absolute Gasteiger partial charge is 0.354 e. The van der Waals surface area contributed by atoms with Gasteiger partial charge in [0.25, 0.3) is 0 Å². The van der Waals surface area contributed by atoms with Gasteiger partial charge in [0.05, 0.1) is 0 Å². The largest absolute Gasteiger partial charge is 0.508 e. The van der Waals surface area contributed by atoms with Gasteiger partial charge in [0.15, 0.2) is 6.35 Å². The van der Waals surface area contributed by atoms with Crippen LogP contribution in [0.25, 0.3) is 10.8 Å². The highest BCUT2D eigenvalue weighted by molar-refractivity contribution is 7.57. The number of hydrogen-bond acceptors (Lipinski definition) is 6. The molecule has 4 aromatic rings. The minimum Gasteiger partial charge on any atom is -0.508 e. The van der Waals surface area contributed by atoms with Crippen LogP contribution in [-0.2, 0) is 20.5 Å². The van der Waals surface area contributed by atoms with Crippen LogP contribution in [0.5, 0.6) is 17.2 Å². The number of aromatic hydroxyl groups is 1. The first-order chi connectivity index (χ1) is 22.0. The molecule has 8 heteroatoms. The van der Waals surface area contributed by atoms with Crippen LogP contribution in [-0.4, -0.2) is 29.6 Å². The average molecular weight is 644 g/mol. The van der Waals surface area contributed by atoms with E-state index >= 15 is 0 Å². The number of aryl methyl sites for hydroxylation is 2. The Morgan fingerprint density at radius 1 is 0.935 bits per heavy atom. The van der Waals surface area contributed by atoms with Crippen LogP contribution >= 0.6 is 7.52 Å². The molecule has 0 unspecified atom stereocenters. The molecule has 0 saturated heterocycles. The molecule has 0 spiro atoms. The van der Waals surface area contributed by atoms with Crippen LogP contribution in [0.15, 0.2) is 72.8 Å². The normalized spacial score (nSPS) is 15.8. The summed E-state index contributed by atoms with van der Waals surface area (Å²) in [6, 6.07) is 22.1. The van der Waals surface area contributed by atoms with Crippen LogP contribution in [0.3, 0.4) is 0 Å². The van der Waals surface area contributed by atoms with E-state index in [9.17, 15) is 14.5 Å². The molecule has 4 aromatic carbocycles.